The van der Waals surface area contributed by atoms with Crippen molar-refractivity contribution in [1.82, 2.24) is 4.98 Å². The number of halogens is 3. The Kier molecular flexibility index (Phi) is 3.69. The SMILES string of the molecule is Cc1cc(CBr)nc(C(F)F)c1C=O. The highest BCUT2D eigenvalue weighted by atomic mass is 79.9. The normalized spacial score (nSPS) is 10.6. The van der Waals surface area contributed by atoms with E-state index in [9.17, 15) is 13.6 Å². The van der Waals surface area contributed by atoms with Gasteiger partial charge in [0.05, 0.1) is 5.69 Å². The maximum atomic E-state index is 12.5. The molecular formula is C9H8BrF2NO. The number of carbonyl (C=O) groups excluding carboxylic acids is 1. The molecule has 2 nitrogen and oxygen atoms in total. The van der Waals surface area contributed by atoms with Gasteiger partial charge in [0, 0.05) is 10.9 Å². The fraction of sp³-hybridized carbons (Fsp3) is 0.333. The lowest BCUT2D eigenvalue weighted by Crippen LogP contribution is -2.03. The molecule has 0 fully saturated rings. The summed E-state index contributed by atoms with van der Waals surface area (Å²) in [5, 5.41) is 0.396. The molecule has 0 N–H and O–H groups in total. The Bertz CT molecular complexity index is 355. The zero-order chi connectivity index (χ0) is 10.7. The molecule has 0 spiro atoms. The molecular weight excluding hydrogens is 256 g/mol. The molecule has 1 aromatic heterocycles. The third kappa shape index (κ3) is 2.15. The quantitative estimate of drug-likeness (QED) is 0.620. The third-order valence-corrected chi connectivity index (χ3v) is 2.38. The Morgan fingerprint density at radius 3 is 2.71 bits per heavy atom. The van der Waals surface area contributed by atoms with Crippen molar-refractivity contribution < 1.29 is 13.6 Å². The van der Waals surface area contributed by atoms with E-state index in [4.69, 9.17) is 0 Å². The highest BCUT2D eigenvalue weighted by Gasteiger charge is 2.17. The van der Waals surface area contributed by atoms with E-state index in [0.717, 1.165) is 0 Å². The van der Waals surface area contributed by atoms with Crippen LogP contribution in [0.25, 0.3) is 0 Å². The predicted octanol–water partition coefficient (Wildman–Crippen LogP) is 3.04. The zero-order valence-corrected chi connectivity index (χ0v) is 9.01. The van der Waals surface area contributed by atoms with Crippen LogP contribution in [0.5, 0.6) is 0 Å². The highest BCUT2D eigenvalue weighted by molar-refractivity contribution is 9.08. The van der Waals surface area contributed by atoms with Gasteiger partial charge in [-0.3, -0.25) is 9.78 Å². The molecule has 5 heteroatoms. The molecule has 0 aromatic carbocycles. The van der Waals surface area contributed by atoms with Crippen molar-refractivity contribution in [2.75, 3.05) is 0 Å². The maximum absolute atomic E-state index is 12.5. The lowest BCUT2D eigenvalue weighted by Gasteiger charge is -2.07. The van der Waals surface area contributed by atoms with Crippen LogP contribution in [0.2, 0.25) is 0 Å². The van der Waals surface area contributed by atoms with Crippen molar-refractivity contribution in [3.8, 4) is 0 Å². The van der Waals surface area contributed by atoms with Crippen LogP contribution < -0.4 is 0 Å². The molecule has 0 aliphatic rings. The molecule has 0 bridgehead atoms. The number of rotatable bonds is 3. The monoisotopic (exact) mass is 263 g/mol. The van der Waals surface area contributed by atoms with Crippen LogP contribution in [0.3, 0.4) is 0 Å². The first-order valence-electron chi connectivity index (χ1n) is 3.89. The van der Waals surface area contributed by atoms with Gasteiger partial charge in [0.2, 0.25) is 0 Å². The number of aldehydes is 1. The van der Waals surface area contributed by atoms with Crippen LogP contribution >= 0.6 is 15.9 Å². The fourth-order valence-electron chi connectivity index (χ4n) is 1.17. The summed E-state index contributed by atoms with van der Waals surface area (Å²) < 4.78 is 24.9. The van der Waals surface area contributed by atoms with Crippen molar-refractivity contribution in [3.05, 3.63) is 28.6 Å². The maximum Gasteiger partial charge on any atom is 0.281 e. The number of aryl methyl sites for hydroxylation is 1. The molecule has 1 aromatic rings. The summed E-state index contributed by atoms with van der Waals surface area (Å²) in [6.07, 6.45) is -2.30. The standard InChI is InChI=1S/C9H8BrF2NO/c1-5-2-6(3-10)13-8(9(11)12)7(5)4-14/h2,4,9H,3H2,1H3. The van der Waals surface area contributed by atoms with Crippen LogP contribution in [0, 0.1) is 6.92 Å². The van der Waals surface area contributed by atoms with Gasteiger partial charge in [-0.25, -0.2) is 8.78 Å². The number of alkyl halides is 3. The lowest BCUT2D eigenvalue weighted by atomic mass is 10.1. The summed E-state index contributed by atoms with van der Waals surface area (Å²) in [6.45, 7) is 1.61. The summed E-state index contributed by atoms with van der Waals surface area (Å²) in [5.74, 6) is 0. The van der Waals surface area contributed by atoms with Crippen molar-refractivity contribution >= 4 is 22.2 Å². The summed E-state index contributed by atoms with van der Waals surface area (Å²) in [6, 6.07) is 1.62. The number of carbonyl (C=O) groups is 1. The molecule has 0 aliphatic carbocycles. The summed E-state index contributed by atoms with van der Waals surface area (Å²) >= 11 is 3.13. The smallest absolute Gasteiger partial charge is 0.281 e. The Hall–Kier alpha value is -0.840. The molecule has 76 valence electrons. The Morgan fingerprint density at radius 2 is 2.29 bits per heavy atom. The largest absolute Gasteiger partial charge is 0.298 e. The molecule has 0 unspecified atom stereocenters. The van der Waals surface area contributed by atoms with E-state index >= 15 is 0 Å². The van der Waals surface area contributed by atoms with Crippen molar-refractivity contribution in [2.24, 2.45) is 0 Å². The van der Waals surface area contributed by atoms with Crippen LogP contribution in [-0.4, -0.2) is 11.3 Å². The van der Waals surface area contributed by atoms with Gasteiger partial charge < -0.3 is 0 Å². The number of hydrogen-bond acceptors (Lipinski definition) is 2. The third-order valence-electron chi connectivity index (χ3n) is 1.81. The first-order valence-corrected chi connectivity index (χ1v) is 5.02. The second kappa shape index (κ2) is 4.59. The van der Waals surface area contributed by atoms with Gasteiger partial charge in [0.1, 0.15) is 5.69 Å². The van der Waals surface area contributed by atoms with Gasteiger partial charge in [0.15, 0.2) is 6.29 Å². The molecule has 0 aliphatic heterocycles. The molecule has 1 rings (SSSR count). The first kappa shape index (κ1) is 11.2. The Balaban J connectivity index is 3.35. The van der Waals surface area contributed by atoms with Gasteiger partial charge in [-0.1, -0.05) is 15.9 Å². The number of nitrogens with zero attached hydrogens (tertiary/aromatic N) is 1. The summed E-state index contributed by atoms with van der Waals surface area (Å²) in [4.78, 5) is 14.3. The average Bonchev–Trinajstić information content (AvgIpc) is 2.16. The van der Waals surface area contributed by atoms with E-state index in [1.807, 2.05) is 0 Å². The van der Waals surface area contributed by atoms with Crippen LogP contribution in [-0.2, 0) is 5.33 Å². The number of pyridine rings is 1. The molecule has 1 heterocycles. The first-order chi connectivity index (χ1) is 6.60. The average molecular weight is 264 g/mol. The van der Waals surface area contributed by atoms with Crippen LogP contribution in [0.4, 0.5) is 8.78 Å². The van der Waals surface area contributed by atoms with Crippen LogP contribution in [0.1, 0.15) is 33.7 Å². The van der Waals surface area contributed by atoms with Gasteiger partial charge in [-0.05, 0) is 18.6 Å². The van der Waals surface area contributed by atoms with Crippen molar-refractivity contribution in [3.63, 3.8) is 0 Å². The molecule has 14 heavy (non-hydrogen) atoms. The Labute approximate surface area is 88.5 Å². The van der Waals surface area contributed by atoms with Gasteiger partial charge in [0.25, 0.3) is 6.43 Å². The second-order valence-corrected chi connectivity index (χ2v) is 3.34. The van der Waals surface area contributed by atoms with E-state index in [-0.39, 0.29) is 5.56 Å². The number of aromatic nitrogens is 1. The molecule has 0 amide bonds. The Morgan fingerprint density at radius 1 is 1.64 bits per heavy atom. The van der Waals surface area contributed by atoms with E-state index in [2.05, 4.69) is 20.9 Å². The predicted molar refractivity (Wildman–Crippen MR) is 51.9 cm³/mol. The molecule has 0 saturated heterocycles. The topological polar surface area (TPSA) is 30.0 Å². The van der Waals surface area contributed by atoms with Crippen molar-refractivity contribution in [1.29, 1.82) is 0 Å². The molecule has 0 saturated carbocycles. The molecule has 0 atom stereocenters. The summed E-state index contributed by atoms with van der Waals surface area (Å²) in [7, 11) is 0. The van der Waals surface area contributed by atoms with Gasteiger partial charge >= 0.3 is 0 Å². The zero-order valence-electron chi connectivity index (χ0n) is 7.43. The van der Waals surface area contributed by atoms with E-state index in [1.165, 1.54) is 0 Å². The lowest BCUT2D eigenvalue weighted by molar-refractivity contribution is 0.110. The number of hydrogen-bond donors (Lipinski definition) is 0. The minimum Gasteiger partial charge on any atom is -0.298 e. The summed E-state index contributed by atoms with van der Waals surface area (Å²) in [5.41, 5.74) is 0.585. The minimum absolute atomic E-state index is 0.00954. The second-order valence-electron chi connectivity index (χ2n) is 2.78. The minimum atomic E-state index is -2.71. The van der Waals surface area contributed by atoms with E-state index in [0.29, 0.717) is 22.9 Å². The van der Waals surface area contributed by atoms with Crippen LogP contribution in [0.15, 0.2) is 6.07 Å². The fourth-order valence-corrected chi connectivity index (χ4v) is 1.45. The van der Waals surface area contributed by atoms with Gasteiger partial charge in [-0.15, -0.1) is 0 Å². The molecule has 0 radical (unpaired) electrons. The van der Waals surface area contributed by atoms with Crippen molar-refractivity contribution in [2.45, 2.75) is 18.7 Å². The highest BCUT2D eigenvalue weighted by Crippen LogP contribution is 2.23. The van der Waals surface area contributed by atoms with E-state index < -0.39 is 12.1 Å². The van der Waals surface area contributed by atoms with E-state index in [1.54, 1.807) is 13.0 Å². The van der Waals surface area contributed by atoms with Gasteiger partial charge in [-0.2, -0.15) is 0 Å².